The van der Waals surface area contributed by atoms with Crippen LogP contribution in [0.15, 0.2) is 30.3 Å². The maximum Gasteiger partial charge on any atom is 0.147 e. The topological polar surface area (TPSA) is 36.9 Å². The maximum atomic E-state index is 13.7. The summed E-state index contributed by atoms with van der Waals surface area (Å²) in [4.78, 5) is 0. The summed E-state index contributed by atoms with van der Waals surface area (Å²) in [6.45, 7) is 11.1. The van der Waals surface area contributed by atoms with E-state index in [4.69, 9.17) is 18.9 Å². The van der Waals surface area contributed by atoms with Crippen LogP contribution >= 0.6 is 0 Å². The first-order chi connectivity index (χ1) is 17.4. The molecule has 0 radical (unpaired) electrons. The third kappa shape index (κ3) is 4.28. The molecule has 0 amide bonds. The molecule has 2 unspecified atom stereocenters. The molecule has 0 aliphatic heterocycles. The van der Waals surface area contributed by atoms with E-state index in [0.717, 1.165) is 31.2 Å². The zero-order valence-electron chi connectivity index (χ0n) is 22.7. The normalized spacial score (nSPS) is 39.8. The molecule has 0 saturated heterocycles. The predicted octanol–water partition coefficient (Wildman–Crippen LogP) is 7.37. The van der Waals surface area contributed by atoms with E-state index in [1.807, 2.05) is 26.0 Å². The van der Waals surface area contributed by atoms with Crippen molar-refractivity contribution in [2.45, 2.75) is 90.8 Å². The Balaban J connectivity index is 1.42. The van der Waals surface area contributed by atoms with Crippen LogP contribution in [0, 0.1) is 34.4 Å². The number of fused-ring (bicyclic) bond motifs is 5. The van der Waals surface area contributed by atoms with E-state index in [-0.39, 0.29) is 16.8 Å². The highest BCUT2D eigenvalue weighted by Crippen LogP contribution is 2.70. The molecule has 1 aromatic carbocycles. The maximum absolute atomic E-state index is 13.7. The fraction of sp³-hybridized carbons (Fsp3) is 0.742. The summed E-state index contributed by atoms with van der Waals surface area (Å²) in [7, 11) is 0. The molecule has 200 valence electrons. The van der Waals surface area contributed by atoms with Crippen LogP contribution in [0.4, 0.5) is 4.39 Å². The number of ether oxygens (including phenoxy) is 4. The van der Waals surface area contributed by atoms with Gasteiger partial charge in [0.05, 0.1) is 11.7 Å². The average molecular weight is 501 g/mol. The van der Waals surface area contributed by atoms with Crippen LogP contribution in [-0.2, 0) is 18.9 Å². The third-order valence-electron chi connectivity index (χ3n) is 10.7. The van der Waals surface area contributed by atoms with Gasteiger partial charge in [-0.15, -0.1) is 0 Å². The van der Waals surface area contributed by atoms with Crippen LogP contribution in [0.25, 0.3) is 5.57 Å². The zero-order chi connectivity index (χ0) is 25.4. The molecule has 0 spiro atoms. The van der Waals surface area contributed by atoms with Crippen molar-refractivity contribution in [2.75, 3.05) is 26.8 Å². The third-order valence-corrected chi connectivity index (χ3v) is 10.7. The highest BCUT2D eigenvalue weighted by molar-refractivity contribution is 5.74. The summed E-state index contributed by atoms with van der Waals surface area (Å²) in [5.41, 5.74) is 2.40. The van der Waals surface area contributed by atoms with Gasteiger partial charge in [-0.2, -0.15) is 0 Å². The summed E-state index contributed by atoms with van der Waals surface area (Å²) in [5.74, 6) is 1.64. The molecule has 3 fully saturated rings. The van der Waals surface area contributed by atoms with E-state index in [0.29, 0.717) is 56.1 Å². The standard InChI is InChI=1S/C31H45FO4/c1-5-33-20-35-25-13-16-29(3)23(19-25)9-12-28-27(29)14-17-30(4)26(22-7-10-24(32)11-8-22)15-18-31(28,30)36-21-34-6-2/h7-8,10-11,15,23,25,27-28H,5-6,9,12-14,16-21H2,1-4H3/t23?,25?,27-,28-,29+,30-,31-/m1/s1. The van der Waals surface area contributed by atoms with Crippen LogP contribution in [0.2, 0.25) is 0 Å². The van der Waals surface area contributed by atoms with Gasteiger partial charge in [-0.25, -0.2) is 4.39 Å². The molecule has 4 aliphatic rings. The van der Waals surface area contributed by atoms with Gasteiger partial charge in [-0.3, -0.25) is 0 Å². The summed E-state index contributed by atoms with van der Waals surface area (Å²) >= 11 is 0. The van der Waals surface area contributed by atoms with E-state index in [1.165, 1.54) is 31.3 Å². The van der Waals surface area contributed by atoms with Crippen LogP contribution in [0.1, 0.15) is 84.6 Å². The number of hydrogen-bond donors (Lipinski definition) is 0. The minimum Gasteiger partial charge on any atom is -0.356 e. The lowest BCUT2D eigenvalue weighted by Gasteiger charge is -2.64. The Morgan fingerprint density at radius 3 is 2.39 bits per heavy atom. The molecule has 0 bridgehead atoms. The van der Waals surface area contributed by atoms with Crippen molar-refractivity contribution in [3.63, 3.8) is 0 Å². The average Bonchev–Trinajstić information content (AvgIpc) is 3.18. The van der Waals surface area contributed by atoms with Gasteiger partial charge in [0.2, 0.25) is 0 Å². The van der Waals surface area contributed by atoms with E-state index >= 15 is 0 Å². The Morgan fingerprint density at radius 1 is 0.889 bits per heavy atom. The number of rotatable bonds is 9. The Bertz CT molecular complexity index is 931. The number of hydrogen-bond acceptors (Lipinski definition) is 4. The lowest BCUT2D eigenvalue weighted by atomic mass is 9.43. The van der Waals surface area contributed by atoms with Crippen molar-refractivity contribution in [3.05, 3.63) is 41.7 Å². The minimum atomic E-state index is -0.273. The molecule has 5 heteroatoms. The van der Waals surface area contributed by atoms with Crippen LogP contribution in [0.3, 0.4) is 0 Å². The fourth-order valence-corrected chi connectivity index (χ4v) is 8.73. The zero-order valence-corrected chi connectivity index (χ0v) is 22.7. The molecular weight excluding hydrogens is 455 g/mol. The van der Waals surface area contributed by atoms with Crippen molar-refractivity contribution in [2.24, 2.45) is 28.6 Å². The molecule has 0 aromatic heterocycles. The van der Waals surface area contributed by atoms with Crippen molar-refractivity contribution in [1.29, 1.82) is 0 Å². The van der Waals surface area contributed by atoms with Gasteiger partial charge >= 0.3 is 0 Å². The molecule has 5 rings (SSSR count). The highest BCUT2D eigenvalue weighted by atomic mass is 19.1. The number of halogens is 1. The van der Waals surface area contributed by atoms with Gasteiger partial charge in [0.25, 0.3) is 0 Å². The Labute approximate surface area is 216 Å². The largest absolute Gasteiger partial charge is 0.356 e. The lowest BCUT2D eigenvalue weighted by Crippen LogP contribution is -2.63. The summed E-state index contributed by atoms with van der Waals surface area (Å²) in [6.07, 6.45) is 11.8. The second kappa shape index (κ2) is 10.5. The second-order valence-corrected chi connectivity index (χ2v) is 12.0. The van der Waals surface area contributed by atoms with Crippen LogP contribution in [0.5, 0.6) is 0 Å². The molecule has 4 aliphatic carbocycles. The molecule has 1 aromatic rings. The first-order valence-corrected chi connectivity index (χ1v) is 14.3. The molecule has 3 saturated carbocycles. The van der Waals surface area contributed by atoms with Gasteiger partial charge in [0.1, 0.15) is 19.4 Å². The van der Waals surface area contributed by atoms with Gasteiger partial charge < -0.3 is 18.9 Å². The predicted molar refractivity (Wildman–Crippen MR) is 140 cm³/mol. The van der Waals surface area contributed by atoms with Crippen molar-refractivity contribution in [1.82, 2.24) is 0 Å². The monoisotopic (exact) mass is 500 g/mol. The van der Waals surface area contributed by atoms with Gasteiger partial charge in [0.15, 0.2) is 0 Å². The smallest absolute Gasteiger partial charge is 0.147 e. The van der Waals surface area contributed by atoms with Gasteiger partial charge in [-0.1, -0.05) is 32.1 Å². The SMILES string of the molecule is CCOCOC1CC[C@@]2(C)C(CC[C@@H]3[C@H]2CC[C@]2(C)C(c4ccc(F)cc4)=CC[C@@]32OCOCC)C1. The number of benzene rings is 1. The second-order valence-electron chi connectivity index (χ2n) is 12.0. The summed E-state index contributed by atoms with van der Waals surface area (Å²) in [5, 5.41) is 0. The van der Waals surface area contributed by atoms with Crippen molar-refractivity contribution >= 4 is 5.57 Å². The van der Waals surface area contributed by atoms with Gasteiger partial charge in [-0.05, 0) is 112 Å². The molecule has 4 nitrogen and oxygen atoms in total. The molecule has 36 heavy (non-hydrogen) atoms. The summed E-state index contributed by atoms with van der Waals surface area (Å²) in [6, 6.07) is 7.06. The van der Waals surface area contributed by atoms with Crippen molar-refractivity contribution < 1.29 is 23.3 Å². The fourth-order valence-electron chi connectivity index (χ4n) is 8.73. The Hall–Kier alpha value is -1.27. The lowest BCUT2D eigenvalue weighted by molar-refractivity contribution is -0.250. The molecular formula is C31H45FO4. The molecule has 7 atom stereocenters. The first kappa shape index (κ1) is 26.3. The van der Waals surface area contributed by atoms with E-state index in [2.05, 4.69) is 19.9 Å². The summed E-state index contributed by atoms with van der Waals surface area (Å²) < 4.78 is 38.0. The highest BCUT2D eigenvalue weighted by Gasteiger charge is 2.66. The van der Waals surface area contributed by atoms with E-state index < -0.39 is 0 Å². The molecule has 0 N–H and O–H groups in total. The van der Waals surface area contributed by atoms with Gasteiger partial charge in [0, 0.05) is 18.6 Å². The molecule has 0 heterocycles. The Morgan fingerprint density at radius 2 is 1.64 bits per heavy atom. The first-order valence-electron chi connectivity index (χ1n) is 14.3. The van der Waals surface area contributed by atoms with E-state index in [9.17, 15) is 4.39 Å². The Kier molecular flexibility index (Phi) is 7.67. The van der Waals surface area contributed by atoms with Crippen molar-refractivity contribution in [3.8, 4) is 0 Å². The quantitative estimate of drug-likeness (QED) is 0.262. The minimum absolute atomic E-state index is 0.107. The van der Waals surface area contributed by atoms with E-state index in [1.54, 1.807) is 12.1 Å². The van der Waals surface area contributed by atoms with Crippen LogP contribution < -0.4 is 0 Å². The van der Waals surface area contributed by atoms with Crippen LogP contribution in [-0.4, -0.2) is 38.5 Å².